The van der Waals surface area contributed by atoms with Crippen LogP contribution < -0.4 is 11.1 Å². The number of nitrogens with two attached hydrogens (primary N) is 1. The minimum atomic E-state index is -1.35. The molecular formula is C14H15FN2O4. The molecule has 6 nitrogen and oxygen atoms in total. The third-order valence-corrected chi connectivity index (χ3v) is 3.59. The number of hydrogen-bond acceptors (Lipinski definition) is 3. The minimum absolute atomic E-state index is 0.410. The lowest BCUT2D eigenvalue weighted by molar-refractivity contribution is -0.143. The molecule has 1 aliphatic carbocycles. The number of carboxylic acid groups (broad SMARTS) is 1. The second-order valence-corrected chi connectivity index (χ2v) is 5.12. The third kappa shape index (κ3) is 3.18. The molecule has 2 rings (SSSR count). The van der Waals surface area contributed by atoms with Gasteiger partial charge < -0.3 is 16.2 Å². The Kier molecular flexibility index (Phi) is 3.93. The van der Waals surface area contributed by atoms with E-state index in [2.05, 4.69) is 5.32 Å². The Morgan fingerprint density at radius 2 is 1.86 bits per heavy atom. The van der Waals surface area contributed by atoms with Crippen LogP contribution in [0.3, 0.4) is 0 Å². The van der Waals surface area contributed by atoms with E-state index in [-0.39, 0.29) is 0 Å². The van der Waals surface area contributed by atoms with Crippen molar-refractivity contribution in [2.24, 2.45) is 5.73 Å². The molecule has 0 bridgehead atoms. The van der Waals surface area contributed by atoms with Crippen molar-refractivity contribution in [3.8, 4) is 0 Å². The molecule has 112 valence electrons. The first-order valence-corrected chi connectivity index (χ1v) is 6.43. The summed E-state index contributed by atoms with van der Waals surface area (Å²) in [6.45, 7) is 0. The second kappa shape index (κ2) is 5.51. The summed E-state index contributed by atoms with van der Waals surface area (Å²) in [4.78, 5) is 34.1. The van der Waals surface area contributed by atoms with Crippen LogP contribution in [0.15, 0.2) is 24.3 Å². The van der Waals surface area contributed by atoms with E-state index in [1.54, 1.807) is 0 Å². The largest absolute Gasteiger partial charge is 0.480 e. The minimum Gasteiger partial charge on any atom is -0.480 e. The van der Waals surface area contributed by atoms with Crippen LogP contribution in [-0.4, -0.2) is 28.9 Å². The SMILES string of the molecule is NC(=O)CC(NC(=O)C1(c2ccc(F)cc2)CC1)C(=O)O. The van der Waals surface area contributed by atoms with Crippen LogP contribution in [0.4, 0.5) is 4.39 Å². The first kappa shape index (κ1) is 15.0. The van der Waals surface area contributed by atoms with Gasteiger partial charge in [0.15, 0.2) is 0 Å². The van der Waals surface area contributed by atoms with Gasteiger partial charge in [0.05, 0.1) is 11.8 Å². The van der Waals surface area contributed by atoms with Gasteiger partial charge in [-0.3, -0.25) is 9.59 Å². The van der Waals surface area contributed by atoms with Crippen LogP contribution in [0.2, 0.25) is 0 Å². The number of carbonyl (C=O) groups is 3. The Hall–Kier alpha value is -2.44. The molecule has 1 fully saturated rings. The summed E-state index contributed by atoms with van der Waals surface area (Å²) >= 11 is 0. The fourth-order valence-corrected chi connectivity index (χ4v) is 2.24. The number of primary amides is 1. The van der Waals surface area contributed by atoms with Crippen molar-refractivity contribution in [1.29, 1.82) is 0 Å². The Balaban J connectivity index is 2.13. The highest BCUT2D eigenvalue weighted by atomic mass is 19.1. The first-order chi connectivity index (χ1) is 9.85. The van der Waals surface area contributed by atoms with Gasteiger partial charge in [-0.2, -0.15) is 0 Å². The summed E-state index contributed by atoms with van der Waals surface area (Å²) in [5.74, 6) is -3.03. The molecule has 0 radical (unpaired) electrons. The van der Waals surface area contributed by atoms with Crippen LogP contribution >= 0.6 is 0 Å². The zero-order valence-electron chi connectivity index (χ0n) is 11.1. The lowest BCUT2D eigenvalue weighted by atomic mass is 9.94. The smallest absolute Gasteiger partial charge is 0.326 e. The molecule has 2 amide bonds. The van der Waals surface area contributed by atoms with Crippen LogP contribution in [0.5, 0.6) is 0 Å². The molecule has 1 aromatic carbocycles. The lowest BCUT2D eigenvalue weighted by Gasteiger charge is -2.19. The van der Waals surface area contributed by atoms with E-state index < -0.39 is 41.5 Å². The lowest BCUT2D eigenvalue weighted by Crippen LogP contribution is -2.47. The van der Waals surface area contributed by atoms with Crippen LogP contribution in [0, 0.1) is 5.82 Å². The normalized spacial score (nSPS) is 16.8. The summed E-state index contributed by atoms with van der Waals surface area (Å²) in [6.07, 6.45) is 0.626. The number of halogens is 1. The zero-order valence-corrected chi connectivity index (χ0v) is 11.1. The van der Waals surface area contributed by atoms with Gasteiger partial charge in [0.1, 0.15) is 11.9 Å². The fourth-order valence-electron chi connectivity index (χ4n) is 2.24. The van der Waals surface area contributed by atoms with E-state index in [0.717, 1.165) is 0 Å². The third-order valence-electron chi connectivity index (χ3n) is 3.59. The van der Waals surface area contributed by atoms with E-state index >= 15 is 0 Å². The molecule has 21 heavy (non-hydrogen) atoms. The van der Waals surface area contributed by atoms with Gasteiger partial charge in [-0.25, -0.2) is 9.18 Å². The molecule has 1 aliphatic rings. The van der Waals surface area contributed by atoms with Gasteiger partial charge in [-0.05, 0) is 30.5 Å². The number of benzene rings is 1. The molecule has 0 spiro atoms. The quantitative estimate of drug-likeness (QED) is 0.701. The molecule has 0 saturated heterocycles. The maximum Gasteiger partial charge on any atom is 0.326 e. The molecule has 1 atom stereocenters. The second-order valence-electron chi connectivity index (χ2n) is 5.12. The van der Waals surface area contributed by atoms with Crippen LogP contribution in [0.1, 0.15) is 24.8 Å². The fraction of sp³-hybridized carbons (Fsp3) is 0.357. The maximum absolute atomic E-state index is 12.9. The Labute approximate surface area is 120 Å². The molecule has 4 N–H and O–H groups in total. The number of rotatable bonds is 6. The van der Waals surface area contributed by atoms with Crippen molar-refractivity contribution < 1.29 is 23.9 Å². The summed E-state index contributed by atoms with van der Waals surface area (Å²) in [7, 11) is 0. The molecule has 0 aliphatic heterocycles. The Morgan fingerprint density at radius 1 is 1.29 bits per heavy atom. The van der Waals surface area contributed by atoms with Crippen molar-refractivity contribution in [1.82, 2.24) is 5.32 Å². The van der Waals surface area contributed by atoms with Gasteiger partial charge in [-0.15, -0.1) is 0 Å². The van der Waals surface area contributed by atoms with Gasteiger partial charge in [0, 0.05) is 0 Å². The summed E-state index contributed by atoms with van der Waals surface area (Å²) in [6, 6.07) is 4.16. The average molecular weight is 294 g/mol. The number of hydrogen-bond donors (Lipinski definition) is 3. The van der Waals surface area contributed by atoms with Crippen molar-refractivity contribution >= 4 is 17.8 Å². The number of nitrogens with one attached hydrogen (secondary N) is 1. The molecular weight excluding hydrogens is 279 g/mol. The van der Waals surface area contributed by atoms with E-state index in [1.807, 2.05) is 0 Å². The molecule has 7 heteroatoms. The topological polar surface area (TPSA) is 109 Å². The molecule has 0 heterocycles. The number of amides is 2. The molecule has 1 unspecified atom stereocenters. The van der Waals surface area contributed by atoms with Crippen molar-refractivity contribution in [2.75, 3.05) is 0 Å². The Morgan fingerprint density at radius 3 is 2.29 bits per heavy atom. The average Bonchev–Trinajstić information content (AvgIpc) is 3.19. The standard InChI is InChI=1S/C14H15FN2O4/c15-9-3-1-8(2-4-9)14(5-6-14)13(21)17-10(12(19)20)7-11(16)18/h1-4,10H,5-7H2,(H2,16,18)(H,17,21)(H,19,20). The predicted molar refractivity (Wildman–Crippen MR) is 70.7 cm³/mol. The zero-order chi connectivity index (χ0) is 15.6. The van der Waals surface area contributed by atoms with Crippen molar-refractivity contribution in [3.05, 3.63) is 35.6 Å². The molecule has 1 saturated carbocycles. The van der Waals surface area contributed by atoms with E-state index in [1.165, 1.54) is 24.3 Å². The summed E-state index contributed by atoms with van der Waals surface area (Å²) in [5, 5.41) is 11.3. The van der Waals surface area contributed by atoms with Gasteiger partial charge >= 0.3 is 5.97 Å². The van der Waals surface area contributed by atoms with E-state index in [4.69, 9.17) is 10.8 Å². The number of aliphatic carboxylic acids is 1. The van der Waals surface area contributed by atoms with E-state index in [0.29, 0.717) is 18.4 Å². The van der Waals surface area contributed by atoms with E-state index in [9.17, 15) is 18.8 Å². The first-order valence-electron chi connectivity index (χ1n) is 6.43. The molecule has 0 aromatic heterocycles. The number of carboxylic acids is 1. The predicted octanol–water partition coefficient (Wildman–Crippen LogP) is 0.302. The summed E-state index contributed by atoms with van der Waals surface area (Å²) < 4.78 is 12.9. The maximum atomic E-state index is 12.9. The monoisotopic (exact) mass is 294 g/mol. The van der Waals surface area contributed by atoms with Crippen LogP contribution in [-0.2, 0) is 19.8 Å². The highest BCUT2D eigenvalue weighted by molar-refractivity contribution is 5.95. The summed E-state index contributed by atoms with van der Waals surface area (Å²) in [5.41, 5.74) is 4.76. The highest BCUT2D eigenvalue weighted by Crippen LogP contribution is 2.48. The van der Waals surface area contributed by atoms with Gasteiger partial charge in [0.25, 0.3) is 0 Å². The van der Waals surface area contributed by atoms with Gasteiger partial charge in [-0.1, -0.05) is 12.1 Å². The van der Waals surface area contributed by atoms with Crippen molar-refractivity contribution in [3.63, 3.8) is 0 Å². The van der Waals surface area contributed by atoms with Crippen molar-refractivity contribution in [2.45, 2.75) is 30.7 Å². The Bertz CT molecular complexity index is 581. The van der Waals surface area contributed by atoms with Gasteiger partial charge in [0.2, 0.25) is 11.8 Å². The van der Waals surface area contributed by atoms with Crippen LogP contribution in [0.25, 0.3) is 0 Å². The molecule has 1 aromatic rings. The number of carbonyl (C=O) groups excluding carboxylic acids is 2. The highest BCUT2D eigenvalue weighted by Gasteiger charge is 2.52.